The zero-order valence-corrected chi connectivity index (χ0v) is 10.5. The van der Waals surface area contributed by atoms with E-state index < -0.39 is 5.82 Å². The Morgan fingerprint density at radius 3 is 2.50 bits per heavy atom. The van der Waals surface area contributed by atoms with Gasteiger partial charge in [-0.1, -0.05) is 35.9 Å². The van der Waals surface area contributed by atoms with E-state index in [-0.39, 0.29) is 11.1 Å². The van der Waals surface area contributed by atoms with Crippen molar-refractivity contribution < 1.29 is 4.39 Å². The Bertz CT molecular complexity index is 516. The van der Waals surface area contributed by atoms with E-state index in [0.29, 0.717) is 6.54 Å². The molecule has 0 bridgehead atoms. The quantitative estimate of drug-likeness (QED) is 0.886. The first-order valence-corrected chi connectivity index (χ1v) is 6.05. The van der Waals surface area contributed by atoms with Gasteiger partial charge in [0.2, 0.25) is 0 Å². The third kappa shape index (κ3) is 3.00. The molecule has 0 saturated carbocycles. The Morgan fingerprint density at radius 2 is 1.89 bits per heavy atom. The minimum Gasteiger partial charge on any atom is -0.377 e. The van der Waals surface area contributed by atoms with Gasteiger partial charge in [-0.15, -0.1) is 0 Å². The molecule has 0 fully saturated rings. The molecule has 0 aliphatic carbocycles. The number of hydrogen-bond acceptors (Lipinski definition) is 2. The zero-order valence-electron chi connectivity index (χ0n) is 9.74. The van der Waals surface area contributed by atoms with Crippen molar-refractivity contribution in [3.8, 4) is 0 Å². The number of para-hydroxylation sites is 1. The minimum atomic E-state index is -0.428. The molecule has 94 valence electrons. The highest BCUT2D eigenvalue weighted by Gasteiger charge is 2.11. The number of benzene rings is 2. The molecule has 0 aliphatic heterocycles. The molecule has 18 heavy (non-hydrogen) atoms. The normalized spacial score (nSPS) is 12.2. The van der Waals surface area contributed by atoms with E-state index in [9.17, 15) is 4.39 Å². The summed E-state index contributed by atoms with van der Waals surface area (Å²) >= 11 is 5.66. The Hall–Kier alpha value is -1.58. The molecule has 0 radical (unpaired) electrons. The second kappa shape index (κ2) is 5.85. The number of rotatable bonds is 4. The maximum atomic E-state index is 13.4. The van der Waals surface area contributed by atoms with Crippen LogP contribution in [0, 0.1) is 5.82 Å². The topological polar surface area (TPSA) is 38.0 Å². The van der Waals surface area contributed by atoms with Crippen LogP contribution in [0.25, 0.3) is 0 Å². The lowest BCUT2D eigenvalue weighted by molar-refractivity contribution is 0.623. The average Bonchev–Trinajstić information content (AvgIpc) is 2.40. The van der Waals surface area contributed by atoms with Crippen LogP contribution in [0.15, 0.2) is 48.5 Å². The summed E-state index contributed by atoms with van der Waals surface area (Å²) < 4.78 is 13.4. The number of halogens is 2. The fourth-order valence-corrected chi connectivity index (χ4v) is 1.86. The highest BCUT2D eigenvalue weighted by molar-refractivity contribution is 6.30. The summed E-state index contributed by atoms with van der Waals surface area (Å²) in [6.07, 6.45) is 0. The van der Waals surface area contributed by atoms with Gasteiger partial charge in [-0.2, -0.15) is 0 Å². The lowest BCUT2D eigenvalue weighted by atomic mass is 10.1. The van der Waals surface area contributed by atoms with Crippen LogP contribution in [0.3, 0.4) is 0 Å². The van der Waals surface area contributed by atoms with Crippen molar-refractivity contribution in [2.45, 2.75) is 6.04 Å². The molecule has 2 nitrogen and oxygen atoms in total. The molecule has 1 atom stereocenters. The number of anilines is 1. The summed E-state index contributed by atoms with van der Waals surface area (Å²) in [7, 11) is 0. The van der Waals surface area contributed by atoms with Crippen LogP contribution in [-0.2, 0) is 0 Å². The van der Waals surface area contributed by atoms with Crippen molar-refractivity contribution in [3.63, 3.8) is 0 Å². The average molecular weight is 265 g/mol. The second-order valence-electron chi connectivity index (χ2n) is 3.97. The summed E-state index contributed by atoms with van der Waals surface area (Å²) in [5, 5.41) is 3.38. The fraction of sp³-hybridized carbons (Fsp3) is 0.143. The highest BCUT2D eigenvalue weighted by Crippen LogP contribution is 2.22. The lowest BCUT2D eigenvalue weighted by Crippen LogP contribution is -2.20. The van der Waals surface area contributed by atoms with Crippen molar-refractivity contribution in [2.24, 2.45) is 5.73 Å². The molecule has 0 saturated heterocycles. The first-order chi connectivity index (χ1) is 8.70. The molecule has 0 heterocycles. The Balaban J connectivity index is 2.20. The van der Waals surface area contributed by atoms with Crippen LogP contribution in [0.1, 0.15) is 11.6 Å². The monoisotopic (exact) mass is 264 g/mol. The standard InChI is InChI=1S/C14H14ClFN2/c15-12-7-6-10(8-13(12)16)14(9-17)18-11-4-2-1-3-5-11/h1-8,14,18H,9,17H2. The van der Waals surface area contributed by atoms with Gasteiger partial charge >= 0.3 is 0 Å². The molecule has 1 unspecified atom stereocenters. The van der Waals surface area contributed by atoms with E-state index in [4.69, 9.17) is 17.3 Å². The van der Waals surface area contributed by atoms with Crippen molar-refractivity contribution in [1.29, 1.82) is 0 Å². The van der Waals surface area contributed by atoms with Gasteiger partial charge in [-0.25, -0.2) is 4.39 Å². The molecule has 2 rings (SSSR count). The van der Waals surface area contributed by atoms with Gasteiger partial charge in [-0.3, -0.25) is 0 Å². The molecular formula is C14H14ClFN2. The fourth-order valence-electron chi connectivity index (χ4n) is 1.74. The lowest BCUT2D eigenvalue weighted by Gasteiger charge is -2.18. The summed E-state index contributed by atoms with van der Waals surface area (Å²) in [6.45, 7) is 0.371. The van der Waals surface area contributed by atoms with Gasteiger partial charge in [0, 0.05) is 12.2 Å². The van der Waals surface area contributed by atoms with E-state index >= 15 is 0 Å². The first kappa shape index (κ1) is 12.9. The largest absolute Gasteiger partial charge is 0.377 e. The van der Waals surface area contributed by atoms with Gasteiger partial charge in [-0.05, 0) is 29.8 Å². The summed E-state index contributed by atoms with van der Waals surface area (Å²) in [4.78, 5) is 0. The van der Waals surface area contributed by atoms with E-state index in [1.165, 1.54) is 6.07 Å². The van der Waals surface area contributed by atoms with Gasteiger partial charge in [0.15, 0.2) is 0 Å². The molecule has 0 spiro atoms. The smallest absolute Gasteiger partial charge is 0.142 e. The van der Waals surface area contributed by atoms with Crippen molar-refractivity contribution in [1.82, 2.24) is 0 Å². The van der Waals surface area contributed by atoms with Gasteiger partial charge < -0.3 is 11.1 Å². The zero-order chi connectivity index (χ0) is 13.0. The van der Waals surface area contributed by atoms with E-state index in [2.05, 4.69) is 5.32 Å². The summed E-state index contributed by atoms with van der Waals surface area (Å²) in [6, 6.07) is 14.3. The van der Waals surface area contributed by atoms with Crippen LogP contribution in [0.5, 0.6) is 0 Å². The van der Waals surface area contributed by atoms with Gasteiger partial charge in [0.05, 0.1) is 11.1 Å². The molecular weight excluding hydrogens is 251 g/mol. The van der Waals surface area contributed by atoms with Crippen molar-refractivity contribution in [3.05, 3.63) is 64.9 Å². The van der Waals surface area contributed by atoms with E-state index in [1.54, 1.807) is 12.1 Å². The van der Waals surface area contributed by atoms with Crippen LogP contribution >= 0.6 is 11.6 Å². The Morgan fingerprint density at radius 1 is 1.17 bits per heavy atom. The Kier molecular flexibility index (Phi) is 4.18. The predicted octanol–water partition coefficient (Wildman–Crippen LogP) is 3.59. The van der Waals surface area contributed by atoms with Crippen molar-refractivity contribution >= 4 is 17.3 Å². The van der Waals surface area contributed by atoms with Crippen LogP contribution in [0.4, 0.5) is 10.1 Å². The predicted molar refractivity (Wildman–Crippen MR) is 73.3 cm³/mol. The number of nitrogens with two attached hydrogens (primary N) is 1. The molecule has 0 aliphatic rings. The van der Waals surface area contributed by atoms with Gasteiger partial charge in [0.1, 0.15) is 5.82 Å². The first-order valence-electron chi connectivity index (χ1n) is 5.67. The minimum absolute atomic E-state index is 0.120. The van der Waals surface area contributed by atoms with E-state index in [0.717, 1.165) is 11.3 Å². The summed E-state index contributed by atoms with van der Waals surface area (Å²) in [5.41, 5.74) is 7.45. The molecule has 0 amide bonds. The Labute approximate surface area is 111 Å². The van der Waals surface area contributed by atoms with Crippen LogP contribution in [0.2, 0.25) is 5.02 Å². The number of nitrogens with one attached hydrogen (secondary N) is 1. The third-order valence-electron chi connectivity index (χ3n) is 2.70. The number of hydrogen-bond donors (Lipinski definition) is 2. The maximum Gasteiger partial charge on any atom is 0.142 e. The third-order valence-corrected chi connectivity index (χ3v) is 3.00. The highest BCUT2D eigenvalue weighted by atomic mass is 35.5. The molecule has 2 aromatic carbocycles. The van der Waals surface area contributed by atoms with Crippen LogP contribution < -0.4 is 11.1 Å². The second-order valence-corrected chi connectivity index (χ2v) is 4.38. The van der Waals surface area contributed by atoms with Gasteiger partial charge in [0.25, 0.3) is 0 Å². The van der Waals surface area contributed by atoms with Crippen LogP contribution in [-0.4, -0.2) is 6.54 Å². The SMILES string of the molecule is NCC(Nc1ccccc1)c1ccc(Cl)c(F)c1. The van der Waals surface area contributed by atoms with Crippen molar-refractivity contribution in [2.75, 3.05) is 11.9 Å². The molecule has 0 aromatic heterocycles. The van der Waals surface area contributed by atoms with E-state index in [1.807, 2.05) is 30.3 Å². The summed E-state index contributed by atoms with van der Waals surface area (Å²) in [5.74, 6) is -0.428. The molecule has 4 heteroatoms. The molecule has 3 N–H and O–H groups in total. The maximum absolute atomic E-state index is 13.4. The molecule has 2 aromatic rings.